The van der Waals surface area contributed by atoms with Gasteiger partial charge in [-0.25, -0.2) is 9.37 Å². The highest BCUT2D eigenvalue weighted by molar-refractivity contribution is 7.80. The van der Waals surface area contributed by atoms with Gasteiger partial charge < -0.3 is 15.3 Å². The lowest BCUT2D eigenvalue weighted by molar-refractivity contribution is -0.138. The molecule has 1 aliphatic carbocycles. The van der Waals surface area contributed by atoms with Crippen LogP contribution in [0.25, 0.3) is 0 Å². The van der Waals surface area contributed by atoms with Crippen molar-refractivity contribution < 1.29 is 27.5 Å². The van der Waals surface area contributed by atoms with E-state index in [0.29, 0.717) is 30.9 Å². The fourth-order valence-electron chi connectivity index (χ4n) is 4.62. The molecule has 1 amide bonds. The fraction of sp³-hybridized carbons (Fsp3) is 0.269. The van der Waals surface area contributed by atoms with Crippen LogP contribution < -0.4 is 15.1 Å². The lowest BCUT2D eigenvalue weighted by atomic mass is 9.74. The number of aliphatic hydroxyl groups is 1. The molecule has 1 aromatic heterocycles. The summed E-state index contributed by atoms with van der Waals surface area (Å²) in [7, 11) is 0. The van der Waals surface area contributed by atoms with Crippen LogP contribution in [0.2, 0.25) is 0 Å². The van der Waals surface area contributed by atoms with Gasteiger partial charge in [0.2, 0.25) is 0 Å². The first-order valence-electron chi connectivity index (χ1n) is 11.6. The quantitative estimate of drug-likeness (QED) is 0.224. The molecule has 2 aromatic rings. The van der Waals surface area contributed by atoms with Crippen molar-refractivity contribution in [1.29, 1.82) is 5.26 Å². The molecule has 2 fully saturated rings. The number of hydrogen-bond donors (Lipinski definition) is 2. The maximum Gasteiger partial charge on any atom is 0.419 e. The number of hydrogen-bond acceptors (Lipinski definition) is 6. The first-order chi connectivity index (χ1) is 18.4. The van der Waals surface area contributed by atoms with Crippen molar-refractivity contribution in [1.82, 2.24) is 10.3 Å². The van der Waals surface area contributed by atoms with Crippen molar-refractivity contribution in [3.05, 3.63) is 77.5 Å². The molecular weight excluding hydrogens is 536 g/mol. The Labute approximate surface area is 226 Å². The monoisotopic (exact) mass is 558 g/mol. The Bertz CT molecular complexity index is 1430. The van der Waals surface area contributed by atoms with Crippen LogP contribution >= 0.6 is 12.2 Å². The third-order valence-electron chi connectivity index (χ3n) is 6.70. The van der Waals surface area contributed by atoms with Crippen LogP contribution in [0.15, 0.2) is 59.9 Å². The standard InChI is InChI=1S/C26H22F4N6O2S/c1-15(6-9-32-2)13-34-22(37)18-5-4-16(11-20(18)27)36-24(39)35(23(38)25(36)7-3-8-25)17-10-19(26(28,29)30)21(12-31)33-14-17/h4-6,9-11,14,23,38H,1-3,7-8,13H2,(H,34,37)/b9-6-. The Kier molecular flexibility index (Phi) is 7.54. The number of amides is 1. The Morgan fingerprint density at radius 1 is 1.36 bits per heavy atom. The third kappa shape index (κ3) is 5.00. The van der Waals surface area contributed by atoms with E-state index in [1.54, 1.807) is 0 Å². The summed E-state index contributed by atoms with van der Waals surface area (Å²) in [6.07, 6.45) is -0.706. The van der Waals surface area contributed by atoms with E-state index in [-0.39, 0.29) is 28.6 Å². The summed E-state index contributed by atoms with van der Waals surface area (Å²) in [6, 6.07) is 5.93. The van der Waals surface area contributed by atoms with Crippen LogP contribution in [-0.4, -0.2) is 46.1 Å². The van der Waals surface area contributed by atoms with Crippen LogP contribution in [0.1, 0.15) is 40.9 Å². The Morgan fingerprint density at radius 3 is 2.64 bits per heavy atom. The van der Waals surface area contributed by atoms with Gasteiger partial charge in [0, 0.05) is 18.4 Å². The molecule has 1 aliphatic heterocycles. The van der Waals surface area contributed by atoms with E-state index >= 15 is 4.39 Å². The molecule has 1 spiro atoms. The lowest BCUT2D eigenvalue weighted by Gasteiger charge is -2.46. The van der Waals surface area contributed by atoms with Gasteiger partial charge in [0.15, 0.2) is 17.0 Å². The average Bonchev–Trinajstić information content (AvgIpc) is 3.11. The maximum atomic E-state index is 15.1. The van der Waals surface area contributed by atoms with Crippen LogP contribution in [0.3, 0.4) is 0 Å². The molecule has 13 heteroatoms. The molecule has 202 valence electrons. The zero-order valence-corrected chi connectivity index (χ0v) is 21.2. The molecule has 2 aliphatic rings. The van der Waals surface area contributed by atoms with Gasteiger partial charge in [-0.15, -0.1) is 0 Å². The van der Waals surface area contributed by atoms with E-state index in [4.69, 9.17) is 17.5 Å². The van der Waals surface area contributed by atoms with Gasteiger partial charge in [0.05, 0.1) is 28.6 Å². The number of nitrogens with one attached hydrogen (secondary N) is 1. The van der Waals surface area contributed by atoms with Crippen LogP contribution in [0, 0.1) is 17.1 Å². The number of aliphatic imine (C=N–C) groups is 1. The molecule has 1 unspecified atom stereocenters. The zero-order chi connectivity index (χ0) is 28.5. The number of nitriles is 1. The fourth-order valence-corrected chi connectivity index (χ4v) is 5.12. The number of benzene rings is 1. The molecule has 1 atom stereocenters. The second-order valence-electron chi connectivity index (χ2n) is 9.02. The van der Waals surface area contributed by atoms with E-state index in [1.807, 2.05) is 0 Å². The lowest BCUT2D eigenvalue weighted by Crippen LogP contribution is -2.57. The molecular formula is C26H22F4N6O2S. The van der Waals surface area contributed by atoms with Gasteiger partial charge >= 0.3 is 6.18 Å². The van der Waals surface area contributed by atoms with E-state index in [0.717, 1.165) is 17.2 Å². The van der Waals surface area contributed by atoms with E-state index in [1.165, 1.54) is 35.4 Å². The van der Waals surface area contributed by atoms with Crippen molar-refractivity contribution >= 4 is 41.3 Å². The predicted molar refractivity (Wildman–Crippen MR) is 141 cm³/mol. The zero-order valence-electron chi connectivity index (χ0n) is 20.4. The van der Waals surface area contributed by atoms with Crippen molar-refractivity contribution in [2.45, 2.75) is 37.2 Å². The minimum absolute atomic E-state index is 0.0467. The minimum Gasteiger partial charge on any atom is -0.371 e. The minimum atomic E-state index is -4.86. The van der Waals surface area contributed by atoms with E-state index in [9.17, 15) is 23.1 Å². The number of carbonyl (C=O) groups is 1. The first kappa shape index (κ1) is 27.9. The number of aromatic nitrogens is 1. The van der Waals surface area contributed by atoms with Crippen molar-refractivity contribution in [2.75, 3.05) is 16.3 Å². The summed E-state index contributed by atoms with van der Waals surface area (Å²) >= 11 is 5.57. The highest BCUT2D eigenvalue weighted by Gasteiger charge is 2.59. The highest BCUT2D eigenvalue weighted by atomic mass is 32.1. The summed E-state index contributed by atoms with van der Waals surface area (Å²) in [4.78, 5) is 22.3. The van der Waals surface area contributed by atoms with Gasteiger partial charge in [0.25, 0.3) is 5.91 Å². The summed E-state index contributed by atoms with van der Waals surface area (Å²) in [5.41, 5.74) is -2.77. The van der Waals surface area contributed by atoms with Crippen molar-refractivity contribution in [2.24, 2.45) is 4.99 Å². The van der Waals surface area contributed by atoms with Crippen LogP contribution in [0.5, 0.6) is 0 Å². The van der Waals surface area contributed by atoms with Crippen molar-refractivity contribution in [3.8, 4) is 6.07 Å². The molecule has 0 bridgehead atoms. The normalized spacial score (nSPS) is 18.3. The molecule has 1 saturated heterocycles. The molecule has 39 heavy (non-hydrogen) atoms. The summed E-state index contributed by atoms with van der Waals surface area (Å²) in [6.45, 7) is 7.08. The number of anilines is 2. The molecule has 4 rings (SSSR count). The number of alkyl halides is 3. The third-order valence-corrected chi connectivity index (χ3v) is 7.08. The Balaban J connectivity index is 1.65. The molecule has 0 radical (unpaired) electrons. The van der Waals surface area contributed by atoms with Gasteiger partial charge in [-0.1, -0.05) is 6.58 Å². The number of halogens is 4. The number of rotatable bonds is 7. The smallest absolute Gasteiger partial charge is 0.371 e. The topological polar surface area (TPSA) is 105 Å². The van der Waals surface area contributed by atoms with Gasteiger partial charge in [-0.2, -0.15) is 18.4 Å². The molecule has 1 aromatic carbocycles. The van der Waals surface area contributed by atoms with Gasteiger partial charge in [0.1, 0.15) is 11.9 Å². The predicted octanol–water partition coefficient (Wildman–Crippen LogP) is 4.46. The number of nitrogens with zero attached hydrogens (tertiary/aromatic N) is 5. The largest absolute Gasteiger partial charge is 0.419 e. The maximum absolute atomic E-state index is 15.1. The first-order valence-corrected chi connectivity index (χ1v) is 12.0. The van der Waals surface area contributed by atoms with E-state index in [2.05, 4.69) is 28.6 Å². The molecule has 2 heterocycles. The highest BCUT2D eigenvalue weighted by Crippen LogP contribution is 2.50. The van der Waals surface area contributed by atoms with Crippen molar-refractivity contribution in [3.63, 3.8) is 0 Å². The second kappa shape index (κ2) is 10.5. The van der Waals surface area contributed by atoms with E-state index < -0.39 is 40.9 Å². The summed E-state index contributed by atoms with van der Waals surface area (Å²) < 4.78 is 55.8. The Morgan fingerprint density at radius 2 is 2.08 bits per heavy atom. The number of pyridine rings is 1. The summed E-state index contributed by atoms with van der Waals surface area (Å²) in [5.74, 6) is -1.55. The van der Waals surface area contributed by atoms with Crippen LogP contribution in [0.4, 0.5) is 28.9 Å². The van der Waals surface area contributed by atoms with Gasteiger partial charge in [-0.3, -0.25) is 14.7 Å². The number of carbonyl (C=O) groups excluding carboxylic acids is 1. The number of aliphatic hydroxyl groups excluding tert-OH is 1. The van der Waals surface area contributed by atoms with Crippen LogP contribution in [-0.2, 0) is 6.18 Å². The molecule has 8 nitrogen and oxygen atoms in total. The van der Waals surface area contributed by atoms with Gasteiger partial charge in [-0.05, 0) is 74.1 Å². The SMILES string of the molecule is C=N/C=C\C(=C)CNC(=O)c1ccc(N2C(=S)N(c3cnc(C#N)c(C(F)(F)F)c3)C(O)C23CCC3)cc1F. The number of thiocarbonyl (C=S) groups is 1. The molecule has 1 saturated carbocycles. The second-order valence-corrected chi connectivity index (χ2v) is 9.39. The Hall–Kier alpha value is -4.15. The summed E-state index contributed by atoms with van der Waals surface area (Å²) in [5, 5.41) is 22.8. The molecule has 2 N–H and O–H groups in total. The average molecular weight is 559 g/mol.